The van der Waals surface area contributed by atoms with E-state index < -0.39 is 0 Å². The van der Waals surface area contributed by atoms with Crippen LogP contribution in [0.3, 0.4) is 0 Å². The Labute approximate surface area is 212 Å². The van der Waals surface area contributed by atoms with Crippen LogP contribution in [0.4, 0.5) is 5.82 Å². The molecule has 1 amide bonds. The number of aromatic nitrogens is 5. The molecule has 3 aromatic heterocycles. The molecule has 0 unspecified atom stereocenters. The van der Waals surface area contributed by atoms with Crippen LogP contribution in [-0.2, 0) is 17.9 Å². The molecule has 0 aliphatic rings. The van der Waals surface area contributed by atoms with E-state index in [2.05, 4.69) is 51.7 Å². The van der Waals surface area contributed by atoms with E-state index in [9.17, 15) is 4.79 Å². The van der Waals surface area contributed by atoms with Crippen LogP contribution in [0.2, 0.25) is 10.0 Å². The Morgan fingerprint density at radius 1 is 0.971 bits per heavy atom. The molecule has 0 radical (unpaired) electrons. The average Bonchev–Trinajstić information content (AvgIpc) is 3.40. The molecule has 0 bridgehead atoms. The third-order valence-corrected chi connectivity index (χ3v) is 6.46. The van der Waals surface area contributed by atoms with E-state index in [0.717, 1.165) is 27.8 Å². The lowest BCUT2D eigenvalue weighted by Crippen LogP contribution is -2.20. The zero-order valence-corrected chi connectivity index (χ0v) is 20.7. The van der Waals surface area contributed by atoms with Gasteiger partial charge in [-0.05, 0) is 43.2 Å². The fraction of sp³-hybridized carbons (Fsp3) is 0.154. The summed E-state index contributed by atoms with van der Waals surface area (Å²) in [5.74, 6) is 0.178. The number of nitrogens with zero attached hydrogens (tertiary/aromatic N) is 5. The normalized spacial score (nSPS) is 11.2. The second-order valence-electron chi connectivity index (χ2n) is 8.31. The molecule has 3 heterocycles. The summed E-state index contributed by atoms with van der Waals surface area (Å²) in [6, 6.07) is 17.4. The van der Waals surface area contributed by atoms with Crippen LogP contribution in [0.1, 0.15) is 16.8 Å². The number of benzene rings is 2. The maximum atomic E-state index is 12.8. The number of anilines is 1. The second-order valence-corrected chi connectivity index (χ2v) is 9.13. The predicted octanol–water partition coefficient (Wildman–Crippen LogP) is 5.91. The van der Waals surface area contributed by atoms with E-state index in [1.165, 1.54) is 5.56 Å². The van der Waals surface area contributed by atoms with Crippen molar-refractivity contribution in [1.29, 1.82) is 0 Å². The second kappa shape index (κ2) is 9.52. The Balaban J connectivity index is 1.34. The summed E-state index contributed by atoms with van der Waals surface area (Å²) in [4.78, 5) is 17.3. The minimum absolute atomic E-state index is 0.0118. The van der Waals surface area contributed by atoms with Crippen LogP contribution in [0.15, 0.2) is 67.0 Å². The van der Waals surface area contributed by atoms with Gasteiger partial charge in [-0.2, -0.15) is 10.2 Å². The fourth-order valence-electron chi connectivity index (χ4n) is 4.05. The number of hydrogen-bond donors (Lipinski definition) is 1. The van der Waals surface area contributed by atoms with Gasteiger partial charge >= 0.3 is 0 Å². The number of rotatable bonds is 6. The summed E-state index contributed by atoms with van der Waals surface area (Å²) in [5, 5.41) is 13.9. The Morgan fingerprint density at radius 2 is 1.71 bits per heavy atom. The first-order chi connectivity index (χ1) is 16.9. The Kier molecular flexibility index (Phi) is 6.28. The first-order valence-electron chi connectivity index (χ1n) is 11.0. The third kappa shape index (κ3) is 4.78. The molecule has 9 heteroatoms. The quantitative estimate of drug-likeness (QED) is 0.312. The fourth-order valence-corrected chi connectivity index (χ4v) is 4.56. The van der Waals surface area contributed by atoms with E-state index in [4.69, 9.17) is 23.2 Å². The highest BCUT2D eigenvalue weighted by Gasteiger charge is 2.16. The molecule has 5 rings (SSSR count). The summed E-state index contributed by atoms with van der Waals surface area (Å²) in [6.07, 6.45) is 3.51. The van der Waals surface area contributed by atoms with Crippen molar-refractivity contribution in [3.05, 3.63) is 93.9 Å². The van der Waals surface area contributed by atoms with E-state index in [1.54, 1.807) is 46.0 Å². The van der Waals surface area contributed by atoms with Gasteiger partial charge in [0.2, 0.25) is 5.91 Å². The number of nitrogens with one attached hydrogen (secondary N) is 1. The molecule has 1 N–H and O–H groups in total. The first-order valence-corrected chi connectivity index (χ1v) is 11.8. The van der Waals surface area contributed by atoms with E-state index in [-0.39, 0.29) is 12.5 Å². The SMILES string of the molecule is Cc1ccc(-c2ccnc3c2c(C)nn3CC(=O)Nc2ccn(Cc3c(Cl)cccc3Cl)n2)cc1. The highest BCUT2D eigenvalue weighted by atomic mass is 35.5. The molecule has 0 saturated carbocycles. The van der Waals surface area contributed by atoms with Gasteiger partial charge in [0.1, 0.15) is 6.54 Å². The molecule has 2 aromatic carbocycles. The Hall–Kier alpha value is -3.68. The van der Waals surface area contributed by atoms with Crippen LogP contribution in [0, 0.1) is 13.8 Å². The van der Waals surface area contributed by atoms with Crippen molar-refractivity contribution in [3.8, 4) is 11.1 Å². The number of aryl methyl sites for hydroxylation is 2. The Bertz CT molecular complexity index is 1520. The molecule has 0 saturated heterocycles. The van der Waals surface area contributed by atoms with Crippen molar-refractivity contribution >= 4 is 46.0 Å². The molecular formula is C26H22Cl2N6O. The van der Waals surface area contributed by atoms with Crippen LogP contribution < -0.4 is 5.32 Å². The minimum Gasteiger partial charge on any atom is -0.308 e. The van der Waals surface area contributed by atoms with Crippen LogP contribution in [-0.4, -0.2) is 30.5 Å². The molecule has 0 spiro atoms. The third-order valence-electron chi connectivity index (χ3n) is 5.75. The lowest BCUT2D eigenvalue weighted by atomic mass is 10.0. The number of hydrogen-bond acceptors (Lipinski definition) is 4. The molecule has 35 heavy (non-hydrogen) atoms. The van der Waals surface area contributed by atoms with Crippen molar-refractivity contribution in [2.24, 2.45) is 0 Å². The number of amides is 1. The van der Waals surface area contributed by atoms with Gasteiger partial charge in [0.15, 0.2) is 11.5 Å². The van der Waals surface area contributed by atoms with E-state index in [0.29, 0.717) is 28.1 Å². The molecule has 0 fully saturated rings. The van der Waals surface area contributed by atoms with Gasteiger partial charge in [0.25, 0.3) is 0 Å². The number of fused-ring (bicyclic) bond motifs is 1. The largest absolute Gasteiger partial charge is 0.308 e. The zero-order chi connectivity index (χ0) is 24.5. The molecule has 0 aliphatic heterocycles. The van der Waals surface area contributed by atoms with Crippen LogP contribution in [0.25, 0.3) is 22.2 Å². The molecule has 7 nitrogen and oxygen atoms in total. The number of carbonyl (C=O) groups is 1. The van der Waals surface area contributed by atoms with E-state index in [1.807, 2.05) is 13.0 Å². The summed E-state index contributed by atoms with van der Waals surface area (Å²) in [6.45, 7) is 4.39. The summed E-state index contributed by atoms with van der Waals surface area (Å²) >= 11 is 12.5. The molecule has 0 aliphatic carbocycles. The zero-order valence-electron chi connectivity index (χ0n) is 19.2. The lowest BCUT2D eigenvalue weighted by molar-refractivity contribution is -0.116. The van der Waals surface area contributed by atoms with Gasteiger partial charge < -0.3 is 5.32 Å². The smallest absolute Gasteiger partial charge is 0.247 e. The maximum absolute atomic E-state index is 12.8. The maximum Gasteiger partial charge on any atom is 0.247 e. The van der Waals surface area contributed by atoms with Crippen LogP contribution in [0.5, 0.6) is 0 Å². The molecule has 176 valence electrons. The van der Waals surface area contributed by atoms with Gasteiger partial charge in [0, 0.05) is 39.5 Å². The summed E-state index contributed by atoms with van der Waals surface area (Å²) in [7, 11) is 0. The van der Waals surface area contributed by atoms with Gasteiger partial charge in [-0.15, -0.1) is 0 Å². The summed E-state index contributed by atoms with van der Waals surface area (Å²) in [5.41, 5.74) is 5.56. The highest BCUT2D eigenvalue weighted by Crippen LogP contribution is 2.30. The number of halogens is 2. The van der Waals surface area contributed by atoms with Gasteiger partial charge in [0.05, 0.1) is 12.2 Å². The predicted molar refractivity (Wildman–Crippen MR) is 139 cm³/mol. The van der Waals surface area contributed by atoms with Crippen LogP contribution >= 0.6 is 23.2 Å². The number of pyridine rings is 1. The Morgan fingerprint density at radius 3 is 2.46 bits per heavy atom. The molecule has 5 aromatic rings. The lowest BCUT2D eigenvalue weighted by Gasteiger charge is -2.07. The standard InChI is InChI=1S/C26H22Cl2N6O/c1-16-6-8-18(9-7-16)19-10-12-29-26-25(19)17(2)31-34(26)15-24(35)30-23-11-13-33(32-23)14-20-21(27)4-3-5-22(20)28/h3-13H,14-15H2,1-2H3,(H,30,32,35). The average molecular weight is 505 g/mol. The van der Waals surface area contributed by atoms with Crippen molar-refractivity contribution in [2.45, 2.75) is 26.9 Å². The van der Waals surface area contributed by atoms with Crippen molar-refractivity contribution < 1.29 is 4.79 Å². The number of carbonyl (C=O) groups excluding carboxylic acids is 1. The van der Waals surface area contributed by atoms with Crippen molar-refractivity contribution in [1.82, 2.24) is 24.5 Å². The first kappa shape index (κ1) is 23.1. The van der Waals surface area contributed by atoms with Gasteiger partial charge in [-0.1, -0.05) is 59.1 Å². The minimum atomic E-state index is -0.252. The van der Waals surface area contributed by atoms with Gasteiger partial charge in [-0.25, -0.2) is 9.67 Å². The molecule has 0 atom stereocenters. The van der Waals surface area contributed by atoms with Crippen molar-refractivity contribution in [2.75, 3.05) is 5.32 Å². The summed E-state index contributed by atoms with van der Waals surface area (Å²) < 4.78 is 3.30. The van der Waals surface area contributed by atoms with Crippen molar-refractivity contribution in [3.63, 3.8) is 0 Å². The molecular weight excluding hydrogens is 483 g/mol. The van der Waals surface area contributed by atoms with Gasteiger partial charge in [-0.3, -0.25) is 9.48 Å². The highest BCUT2D eigenvalue weighted by molar-refractivity contribution is 6.36. The van der Waals surface area contributed by atoms with E-state index >= 15 is 0 Å². The topological polar surface area (TPSA) is 77.6 Å². The monoisotopic (exact) mass is 504 g/mol.